The van der Waals surface area contributed by atoms with E-state index in [1.807, 2.05) is 24.3 Å². The molecule has 0 heterocycles. The predicted octanol–water partition coefficient (Wildman–Crippen LogP) is 2.29. The summed E-state index contributed by atoms with van der Waals surface area (Å²) in [5.41, 5.74) is 9.81. The Hall–Kier alpha value is -1.30. The third-order valence-corrected chi connectivity index (χ3v) is 1.94. The van der Waals surface area contributed by atoms with Crippen LogP contribution in [0.5, 0.6) is 0 Å². The number of aryl methyl sites for hydroxylation is 1. The summed E-state index contributed by atoms with van der Waals surface area (Å²) in [5.74, 6) is 0. The van der Waals surface area contributed by atoms with E-state index in [4.69, 9.17) is 5.73 Å². The van der Waals surface area contributed by atoms with Crippen molar-refractivity contribution in [2.24, 2.45) is 5.73 Å². The van der Waals surface area contributed by atoms with Gasteiger partial charge in [0.05, 0.1) is 0 Å². The summed E-state index contributed by atoms with van der Waals surface area (Å²) in [6.45, 7) is 3.50. The van der Waals surface area contributed by atoms with Gasteiger partial charge in [-0.05, 0) is 24.5 Å². The molecule has 1 nitrogen and oxygen atoms in total. The molecule has 13 heavy (non-hydrogen) atoms. The van der Waals surface area contributed by atoms with Gasteiger partial charge in [0.15, 0.2) is 0 Å². The van der Waals surface area contributed by atoms with E-state index >= 15 is 0 Å². The summed E-state index contributed by atoms with van der Waals surface area (Å²) in [7, 11) is 0. The van der Waals surface area contributed by atoms with E-state index in [1.165, 1.54) is 5.56 Å². The molecule has 1 rings (SSSR count). The zero-order valence-electron chi connectivity index (χ0n) is 7.74. The van der Waals surface area contributed by atoms with Crippen molar-refractivity contribution in [1.29, 1.82) is 0 Å². The lowest BCUT2D eigenvalue weighted by Gasteiger charge is -2.04. The summed E-state index contributed by atoms with van der Waals surface area (Å²) in [6.07, 6.45) is 3.77. The highest BCUT2D eigenvalue weighted by Crippen LogP contribution is 2.03. The SMILES string of the molecule is C=C=C[C@@H](N)CCc1ccccc1. The van der Waals surface area contributed by atoms with Gasteiger partial charge >= 0.3 is 0 Å². The van der Waals surface area contributed by atoms with Gasteiger partial charge in [-0.1, -0.05) is 36.9 Å². The molecule has 0 saturated carbocycles. The predicted molar refractivity (Wildman–Crippen MR) is 56.4 cm³/mol. The Morgan fingerprint density at radius 2 is 2.08 bits per heavy atom. The highest BCUT2D eigenvalue weighted by molar-refractivity contribution is 5.15. The van der Waals surface area contributed by atoms with Crippen LogP contribution >= 0.6 is 0 Å². The maximum atomic E-state index is 5.77. The first-order valence-corrected chi connectivity index (χ1v) is 4.48. The number of hydrogen-bond acceptors (Lipinski definition) is 1. The summed E-state index contributed by atoms with van der Waals surface area (Å²) < 4.78 is 0. The van der Waals surface area contributed by atoms with E-state index in [2.05, 4.69) is 24.4 Å². The third-order valence-electron chi connectivity index (χ3n) is 1.94. The molecular formula is C12H15N. The maximum Gasteiger partial charge on any atom is 0.0302 e. The monoisotopic (exact) mass is 173 g/mol. The molecule has 1 atom stereocenters. The summed E-state index contributed by atoms with van der Waals surface area (Å²) in [5, 5.41) is 0. The van der Waals surface area contributed by atoms with E-state index < -0.39 is 0 Å². The Kier molecular flexibility index (Phi) is 4.04. The zero-order valence-corrected chi connectivity index (χ0v) is 7.74. The van der Waals surface area contributed by atoms with Crippen LogP contribution in [0.15, 0.2) is 48.7 Å². The normalized spacial score (nSPS) is 11.8. The van der Waals surface area contributed by atoms with Gasteiger partial charge in [0, 0.05) is 6.04 Å². The van der Waals surface area contributed by atoms with Crippen LogP contribution in [0.4, 0.5) is 0 Å². The quantitative estimate of drug-likeness (QED) is 0.694. The number of rotatable bonds is 4. The second kappa shape index (κ2) is 5.36. The molecule has 0 radical (unpaired) electrons. The standard InChI is InChI=1S/C12H15N/c1-2-6-12(13)10-9-11-7-4-3-5-8-11/h3-8,12H,1,9-10,13H2/t12-/m1/s1. The van der Waals surface area contributed by atoms with Crippen molar-refractivity contribution in [3.63, 3.8) is 0 Å². The van der Waals surface area contributed by atoms with Gasteiger partial charge in [-0.2, -0.15) is 0 Å². The lowest BCUT2D eigenvalue weighted by Crippen LogP contribution is -2.17. The topological polar surface area (TPSA) is 26.0 Å². The smallest absolute Gasteiger partial charge is 0.0302 e. The average Bonchev–Trinajstić information content (AvgIpc) is 2.17. The van der Waals surface area contributed by atoms with Crippen molar-refractivity contribution in [2.45, 2.75) is 18.9 Å². The molecular weight excluding hydrogens is 158 g/mol. The van der Waals surface area contributed by atoms with Crippen LogP contribution in [-0.4, -0.2) is 6.04 Å². The molecule has 0 aliphatic carbocycles. The Balaban J connectivity index is 2.39. The van der Waals surface area contributed by atoms with Gasteiger partial charge in [0.25, 0.3) is 0 Å². The molecule has 0 bridgehead atoms. The van der Waals surface area contributed by atoms with Gasteiger partial charge in [-0.15, -0.1) is 5.73 Å². The average molecular weight is 173 g/mol. The van der Waals surface area contributed by atoms with E-state index in [1.54, 1.807) is 0 Å². The largest absolute Gasteiger partial charge is 0.324 e. The van der Waals surface area contributed by atoms with Crippen molar-refractivity contribution in [1.82, 2.24) is 0 Å². The number of hydrogen-bond donors (Lipinski definition) is 1. The van der Waals surface area contributed by atoms with Crippen LogP contribution in [0.25, 0.3) is 0 Å². The minimum absolute atomic E-state index is 0.0812. The third kappa shape index (κ3) is 3.75. The van der Waals surface area contributed by atoms with Crippen molar-refractivity contribution in [2.75, 3.05) is 0 Å². The molecule has 0 amide bonds. The highest BCUT2D eigenvalue weighted by atomic mass is 14.6. The molecule has 0 aromatic heterocycles. The van der Waals surface area contributed by atoms with Crippen molar-refractivity contribution < 1.29 is 0 Å². The van der Waals surface area contributed by atoms with Crippen LogP contribution in [0, 0.1) is 0 Å². The maximum absolute atomic E-state index is 5.77. The highest BCUT2D eigenvalue weighted by Gasteiger charge is 1.97. The fraction of sp³-hybridized carbons (Fsp3) is 0.250. The summed E-state index contributed by atoms with van der Waals surface area (Å²) in [6, 6.07) is 10.4. The molecule has 1 heteroatoms. The van der Waals surface area contributed by atoms with Gasteiger partial charge in [0.2, 0.25) is 0 Å². The molecule has 0 aliphatic rings. The molecule has 0 spiro atoms. The Morgan fingerprint density at radius 3 is 2.69 bits per heavy atom. The van der Waals surface area contributed by atoms with Crippen molar-refractivity contribution in [3.05, 3.63) is 54.3 Å². The minimum atomic E-state index is 0.0812. The molecule has 0 saturated heterocycles. The molecule has 1 aromatic rings. The van der Waals surface area contributed by atoms with E-state index in [0.29, 0.717) is 0 Å². The summed E-state index contributed by atoms with van der Waals surface area (Å²) in [4.78, 5) is 0. The second-order valence-corrected chi connectivity index (χ2v) is 3.06. The van der Waals surface area contributed by atoms with Crippen LogP contribution in [0.2, 0.25) is 0 Å². The van der Waals surface area contributed by atoms with Gasteiger partial charge in [-0.3, -0.25) is 0 Å². The van der Waals surface area contributed by atoms with Crippen molar-refractivity contribution in [3.8, 4) is 0 Å². The van der Waals surface area contributed by atoms with Crippen LogP contribution in [0.3, 0.4) is 0 Å². The van der Waals surface area contributed by atoms with Crippen LogP contribution in [-0.2, 0) is 6.42 Å². The second-order valence-electron chi connectivity index (χ2n) is 3.06. The van der Waals surface area contributed by atoms with Crippen LogP contribution in [0.1, 0.15) is 12.0 Å². The molecule has 0 unspecified atom stereocenters. The van der Waals surface area contributed by atoms with E-state index in [9.17, 15) is 0 Å². The lowest BCUT2D eigenvalue weighted by atomic mass is 10.1. The van der Waals surface area contributed by atoms with Crippen LogP contribution < -0.4 is 5.73 Å². The fourth-order valence-corrected chi connectivity index (χ4v) is 1.21. The first-order chi connectivity index (χ1) is 6.33. The molecule has 1 aromatic carbocycles. The first kappa shape index (κ1) is 9.79. The Labute approximate surface area is 79.6 Å². The van der Waals surface area contributed by atoms with Gasteiger partial charge in [-0.25, -0.2) is 0 Å². The lowest BCUT2D eigenvalue weighted by molar-refractivity contribution is 0.721. The van der Waals surface area contributed by atoms with E-state index in [-0.39, 0.29) is 6.04 Å². The fourth-order valence-electron chi connectivity index (χ4n) is 1.21. The van der Waals surface area contributed by atoms with Crippen molar-refractivity contribution >= 4 is 0 Å². The Morgan fingerprint density at radius 1 is 1.38 bits per heavy atom. The number of nitrogens with two attached hydrogens (primary N) is 1. The zero-order chi connectivity index (χ0) is 9.52. The minimum Gasteiger partial charge on any atom is -0.324 e. The molecule has 68 valence electrons. The van der Waals surface area contributed by atoms with Gasteiger partial charge < -0.3 is 5.73 Å². The molecule has 2 N–H and O–H groups in total. The van der Waals surface area contributed by atoms with Gasteiger partial charge in [0.1, 0.15) is 0 Å². The Bertz CT molecular complexity index is 283. The first-order valence-electron chi connectivity index (χ1n) is 4.48. The molecule has 0 fully saturated rings. The van der Waals surface area contributed by atoms with E-state index in [0.717, 1.165) is 12.8 Å². The number of benzene rings is 1. The summed E-state index contributed by atoms with van der Waals surface area (Å²) >= 11 is 0. The molecule has 0 aliphatic heterocycles.